The Kier molecular flexibility index (Phi) is 6.17. The van der Waals surface area contributed by atoms with Crippen LogP contribution in [0.4, 0.5) is 17.6 Å². The molecule has 186 valence electrons. The van der Waals surface area contributed by atoms with Crippen molar-refractivity contribution in [1.29, 1.82) is 0 Å². The first-order chi connectivity index (χ1) is 17.2. The van der Waals surface area contributed by atoms with E-state index >= 15 is 0 Å². The predicted molar refractivity (Wildman–Crippen MR) is 122 cm³/mol. The molecule has 36 heavy (non-hydrogen) atoms. The van der Waals surface area contributed by atoms with Crippen molar-refractivity contribution in [2.45, 2.75) is 19.6 Å². The highest BCUT2D eigenvalue weighted by Gasteiger charge is 2.31. The van der Waals surface area contributed by atoms with Gasteiger partial charge < -0.3 is 9.42 Å². The van der Waals surface area contributed by atoms with Gasteiger partial charge in [-0.05, 0) is 37.3 Å². The summed E-state index contributed by atoms with van der Waals surface area (Å²) in [5.41, 5.74) is 0.978. The molecule has 4 aromatic rings. The maximum Gasteiger partial charge on any atom is 0.416 e. The third-order valence-electron chi connectivity index (χ3n) is 6.06. The van der Waals surface area contributed by atoms with E-state index in [1.807, 2.05) is 4.90 Å². The summed E-state index contributed by atoms with van der Waals surface area (Å²) in [6.45, 7) is 4.07. The fraction of sp³-hybridized carbons (Fsp3) is 0.280. The molecule has 1 saturated heterocycles. The molecule has 1 aliphatic heterocycles. The number of carbonyl (C=O) groups is 1. The Labute approximate surface area is 203 Å². The number of benzene rings is 2. The Morgan fingerprint density at radius 3 is 2.56 bits per heavy atom. The molecule has 0 bridgehead atoms. The van der Waals surface area contributed by atoms with Crippen molar-refractivity contribution in [3.05, 3.63) is 77.1 Å². The Morgan fingerprint density at radius 2 is 1.81 bits per heavy atom. The zero-order valence-corrected chi connectivity index (χ0v) is 19.2. The van der Waals surface area contributed by atoms with E-state index in [1.54, 1.807) is 24.0 Å². The highest BCUT2D eigenvalue weighted by molar-refractivity contribution is 6.06. The summed E-state index contributed by atoms with van der Waals surface area (Å²) in [7, 11) is 0. The molecule has 11 heteroatoms. The van der Waals surface area contributed by atoms with Crippen molar-refractivity contribution < 1.29 is 26.9 Å². The number of aromatic nitrogens is 3. The van der Waals surface area contributed by atoms with Gasteiger partial charge in [0.15, 0.2) is 0 Å². The van der Waals surface area contributed by atoms with Gasteiger partial charge >= 0.3 is 6.18 Å². The van der Waals surface area contributed by atoms with Gasteiger partial charge in [0.05, 0.1) is 23.2 Å². The lowest BCUT2D eigenvalue weighted by molar-refractivity contribution is -0.137. The third-order valence-corrected chi connectivity index (χ3v) is 6.06. The van der Waals surface area contributed by atoms with Crippen LogP contribution in [0.3, 0.4) is 0 Å². The van der Waals surface area contributed by atoms with Gasteiger partial charge in [-0.15, -0.1) is 0 Å². The number of piperazine rings is 1. The van der Waals surface area contributed by atoms with E-state index in [1.165, 1.54) is 24.3 Å². The molecule has 0 unspecified atom stereocenters. The Morgan fingerprint density at radius 1 is 1.03 bits per heavy atom. The van der Waals surface area contributed by atoms with E-state index in [0.717, 1.165) is 12.1 Å². The number of alkyl halides is 3. The fourth-order valence-corrected chi connectivity index (χ4v) is 4.25. The van der Waals surface area contributed by atoms with Crippen LogP contribution in [0, 0.1) is 12.7 Å². The number of hydrogen-bond acceptors (Lipinski definition) is 6. The number of halogens is 4. The molecule has 0 saturated carbocycles. The van der Waals surface area contributed by atoms with Crippen molar-refractivity contribution in [1.82, 2.24) is 24.9 Å². The molecule has 7 nitrogen and oxygen atoms in total. The number of nitrogens with zero attached hydrogens (tertiary/aromatic N) is 5. The number of fused-ring (bicyclic) bond motifs is 1. The van der Waals surface area contributed by atoms with Crippen LogP contribution in [0.25, 0.3) is 22.3 Å². The quantitative estimate of drug-likeness (QED) is 0.379. The van der Waals surface area contributed by atoms with Crippen molar-refractivity contribution >= 4 is 16.8 Å². The molecule has 0 spiro atoms. The SMILES string of the molecule is Cc1cc(C(=O)N2CCN(Cc3nc(-c4cccc(C(F)(F)F)c4)no3)CC2)c2ccc(F)cc2n1. The number of carbonyl (C=O) groups excluding carboxylic acids is 1. The zero-order chi connectivity index (χ0) is 25.4. The minimum Gasteiger partial charge on any atom is -0.338 e. The summed E-state index contributed by atoms with van der Waals surface area (Å²) >= 11 is 0. The lowest BCUT2D eigenvalue weighted by Crippen LogP contribution is -2.48. The van der Waals surface area contributed by atoms with Gasteiger partial charge in [0.2, 0.25) is 11.7 Å². The molecule has 0 atom stereocenters. The van der Waals surface area contributed by atoms with Crippen LogP contribution in [-0.4, -0.2) is 57.0 Å². The maximum atomic E-state index is 13.6. The first-order valence-corrected chi connectivity index (χ1v) is 11.3. The Balaban J connectivity index is 1.24. The molecule has 2 aromatic heterocycles. The van der Waals surface area contributed by atoms with E-state index < -0.39 is 17.6 Å². The molecule has 2 aromatic carbocycles. The van der Waals surface area contributed by atoms with Crippen LogP contribution in [0.5, 0.6) is 0 Å². The molecule has 0 aliphatic carbocycles. The number of hydrogen-bond donors (Lipinski definition) is 0. The monoisotopic (exact) mass is 499 g/mol. The average molecular weight is 499 g/mol. The number of amides is 1. The second-order valence-electron chi connectivity index (χ2n) is 8.63. The second-order valence-corrected chi connectivity index (χ2v) is 8.63. The van der Waals surface area contributed by atoms with Crippen LogP contribution in [0.1, 0.15) is 27.5 Å². The van der Waals surface area contributed by atoms with Crippen molar-refractivity contribution in [2.24, 2.45) is 0 Å². The van der Waals surface area contributed by atoms with E-state index in [9.17, 15) is 22.4 Å². The van der Waals surface area contributed by atoms with Gasteiger partial charge in [-0.1, -0.05) is 17.3 Å². The molecule has 0 N–H and O–H groups in total. The molecule has 1 aliphatic rings. The van der Waals surface area contributed by atoms with E-state index in [2.05, 4.69) is 15.1 Å². The van der Waals surface area contributed by atoms with Gasteiger partial charge in [-0.25, -0.2) is 4.39 Å². The summed E-state index contributed by atoms with van der Waals surface area (Å²) in [6.07, 6.45) is -4.46. The highest BCUT2D eigenvalue weighted by Crippen LogP contribution is 2.31. The Bertz CT molecular complexity index is 1420. The lowest BCUT2D eigenvalue weighted by Gasteiger charge is -2.34. The highest BCUT2D eigenvalue weighted by atomic mass is 19.4. The molecule has 1 amide bonds. The van der Waals surface area contributed by atoms with Crippen LogP contribution >= 0.6 is 0 Å². The lowest BCUT2D eigenvalue weighted by atomic mass is 10.1. The molecule has 5 rings (SSSR count). The van der Waals surface area contributed by atoms with Crippen LogP contribution in [0.2, 0.25) is 0 Å². The normalized spacial score (nSPS) is 15.0. The van der Waals surface area contributed by atoms with Crippen molar-refractivity contribution in [3.8, 4) is 11.4 Å². The number of pyridine rings is 1. The predicted octanol–water partition coefficient (Wildman–Crippen LogP) is 4.71. The third kappa shape index (κ3) is 4.92. The molecule has 1 fully saturated rings. The van der Waals surface area contributed by atoms with Gasteiger partial charge in [0, 0.05) is 48.9 Å². The minimum absolute atomic E-state index is 0.0845. The van der Waals surface area contributed by atoms with Crippen LogP contribution in [-0.2, 0) is 12.7 Å². The summed E-state index contributed by atoms with van der Waals surface area (Å²) < 4.78 is 57.9. The summed E-state index contributed by atoms with van der Waals surface area (Å²) in [4.78, 5) is 25.6. The first kappa shape index (κ1) is 23.9. The van der Waals surface area contributed by atoms with Crippen LogP contribution < -0.4 is 0 Å². The topological polar surface area (TPSA) is 75.4 Å². The summed E-state index contributed by atoms with van der Waals surface area (Å²) in [5.74, 6) is -0.201. The van der Waals surface area contributed by atoms with E-state index in [0.29, 0.717) is 54.9 Å². The van der Waals surface area contributed by atoms with Crippen molar-refractivity contribution in [3.63, 3.8) is 0 Å². The first-order valence-electron chi connectivity index (χ1n) is 11.3. The zero-order valence-electron chi connectivity index (χ0n) is 19.2. The molecular formula is C25H21F4N5O2. The molecule has 0 radical (unpaired) electrons. The number of aryl methyl sites for hydroxylation is 1. The van der Waals surface area contributed by atoms with E-state index in [-0.39, 0.29) is 23.2 Å². The summed E-state index contributed by atoms with van der Waals surface area (Å²) in [5, 5.41) is 4.42. The second kappa shape index (κ2) is 9.30. The molecule has 3 heterocycles. The molecular weight excluding hydrogens is 478 g/mol. The van der Waals surface area contributed by atoms with Gasteiger partial charge in [-0.2, -0.15) is 18.2 Å². The van der Waals surface area contributed by atoms with Crippen LogP contribution in [0.15, 0.2) is 53.1 Å². The fourth-order valence-electron chi connectivity index (χ4n) is 4.25. The van der Waals surface area contributed by atoms with E-state index in [4.69, 9.17) is 4.52 Å². The van der Waals surface area contributed by atoms with Crippen molar-refractivity contribution in [2.75, 3.05) is 26.2 Å². The van der Waals surface area contributed by atoms with Gasteiger partial charge in [-0.3, -0.25) is 14.7 Å². The Hall–Kier alpha value is -3.86. The largest absolute Gasteiger partial charge is 0.416 e. The standard InChI is InChI=1S/C25H21F4N5O2/c1-15-11-20(19-6-5-18(26)13-21(19)30-15)24(35)34-9-7-33(8-10-34)14-22-31-23(32-36-22)16-3-2-4-17(12-16)25(27,28)29/h2-6,11-13H,7-10,14H2,1H3. The van der Waals surface area contributed by atoms with Gasteiger partial charge in [0.25, 0.3) is 5.91 Å². The van der Waals surface area contributed by atoms with Gasteiger partial charge in [0.1, 0.15) is 5.82 Å². The minimum atomic E-state index is -4.46. The maximum absolute atomic E-state index is 13.6. The average Bonchev–Trinajstić information content (AvgIpc) is 3.31. The summed E-state index contributed by atoms with van der Waals surface area (Å²) in [6, 6.07) is 10.7. The smallest absolute Gasteiger partial charge is 0.338 e. The number of rotatable bonds is 4.